The van der Waals surface area contributed by atoms with E-state index < -0.39 is 11.8 Å². The lowest BCUT2D eigenvalue weighted by Crippen LogP contribution is -2.34. The zero-order valence-electron chi connectivity index (χ0n) is 11.9. The molecule has 2 atom stereocenters. The lowest BCUT2D eigenvalue weighted by atomic mass is 9.85. The highest BCUT2D eigenvalue weighted by Crippen LogP contribution is 2.26. The number of nitrogens with two attached hydrogens (primary N) is 1. The standard InChI is InChI=1S/C15H19FN2O3/c1-21-15(20)12-6-5-10(16)8-13(12)18-14(19)9-3-2-4-11(17)7-9/h5-6,8-9,11H,2-4,7,17H2,1H3,(H,18,19). The molecule has 0 spiro atoms. The van der Waals surface area contributed by atoms with Gasteiger partial charge in [-0.1, -0.05) is 6.42 Å². The van der Waals surface area contributed by atoms with Gasteiger partial charge in [0.25, 0.3) is 0 Å². The lowest BCUT2D eigenvalue weighted by molar-refractivity contribution is -0.120. The van der Waals surface area contributed by atoms with E-state index in [2.05, 4.69) is 10.1 Å². The molecule has 3 N–H and O–H groups in total. The summed E-state index contributed by atoms with van der Waals surface area (Å²) in [6, 6.07) is 3.58. The number of anilines is 1. The Bertz CT molecular complexity index is 548. The number of carbonyl (C=O) groups excluding carboxylic acids is 2. The number of ether oxygens (including phenoxy) is 1. The average molecular weight is 294 g/mol. The molecular weight excluding hydrogens is 275 g/mol. The molecule has 1 aliphatic carbocycles. The number of hydrogen-bond donors (Lipinski definition) is 2. The van der Waals surface area contributed by atoms with E-state index in [9.17, 15) is 14.0 Å². The van der Waals surface area contributed by atoms with Crippen LogP contribution < -0.4 is 11.1 Å². The molecule has 1 amide bonds. The smallest absolute Gasteiger partial charge is 0.339 e. The molecular formula is C15H19FN2O3. The van der Waals surface area contributed by atoms with Crippen molar-refractivity contribution >= 4 is 17.6 Å². The van der Waals surface area contributed by atoms with Crippen molar-refractivity contribution in [1.29, 1.82) is 0 Å². The molecule has 0 aromatic heterocycles. The first-order valence-electron chi connectivity index (χ1n) is 6.95. The Morgan fingerprint density at radius 1 is 1.38 bits per heavy atom. The lowest BCUT2D eigenvalue weighted by Gasteiger charge is -2.25. The quantitative estimate of drug-likeness (QED) is 0.836. The molecule has 5 nitrogen and oxygen atoms in total. The second-order valence-corrected chi connectivity index (χ2v) is 5.29. The predicted molar refractivity (Wildman–Crippen MR) is 76.3 cm³/mol. The third kappa shape index (κ3) is 3.78. The van der Waals surface area contributed by atoms with Crippen molar-refractivity contribution in [3.05, 3.63) is 29.6 Å². The van der Waals surface area contributed by atoms with Gasteiger partial charge in [0.05, 0.1) is 18.4 Å². The van der Waals surface area contributed by atoms with Gasteiger partial charge in [-0.25, -0.2) is 9.18 Å². The van der Waals surface area contributed by atoms with Crippen LogP contribution in [0.15, 0.2) is 18.2 Å². The summed E-state index contributed by atoms with van der Waals surface area (Å²) >= 11 is 0. The first kappa shape index (κ1) is 15.4. The molecule has 1 saturated carbocycles. The highest BCUT2D eigenvalue weighted by molar-refractivity contribution is 6.01. The molecule has 1 aromatic carbocycles. The van der Waals surface area contributed by atoms with Gasteiger partial charge < -0.3 is 15.8 Å². The van der Waals surface area contributed by atoms with Crippen molar-refractivity contribution in [2.24, 2.45) is 11.7 Å². The Kier molecular flexibility index (Phi) is 4.90. The highest BCUT2D eigenvalue weighted by atomic mass is 19.1. The SMILES string of the molecule is COC(=O)c1ccc(F)cc1NC(=O)C1CCCC(N)C1. The average Bonchev–Trinajstić information content (AvgIpc) is 2.46. The summed E-state index contributed by atoms with van der Waals surface area (Å²) in [5.41, 5.74) is 6.13. The number of amides is 1. The molecule has 0 aliphatic heterocycles. The van der Waals surface area contributed by atoms with Crippen molar-refractivity contribution in [3.8, 4) is 0 Å². The van der Waals surface area contributed by atoms with E-state index in [0.717, 1.165) is 31.4 Å². The number of benzene rings is 1. The van der Waals surface area contributed by atoms with E-state index in [-0.39, 0.29) is 29.1 Å². The molecule has 2 rings (SSSR count). The van der Waals surface area contributed by atoms with Crippen LogP contribution in [0.5, 0.6) is 0 Å². The minimum atomic E-state index is -0.620. The molecule has 6 heteroatoms. The van der Waals surface area contributed by atoms with Crippen LogP contribution >= 0.6 is 0 Å². The number of nitrogens with one attached hydrogen (secondary N) is 1. The van der Waals surface area contributed by atoms with E-state index in [4.69, 9.17) is 5.73 Å². The van der Waals surface area contributed by atoms with Crippen LogP contribution in [0.2, 0.25) is 0 Å². The van der Waals surface area contributed by atoms with Crippen LogP contribution in [0.4, 0.5) is 10.1 Å². The van der Waals surface area contributed by atoms with Crippen molar-refractivity contribution in [3.63, 3.8) is 0 Å². The number of hydrogen-bond acceptors (Lipinski definition) is 4. The van der Waals surface area contributed by atoms with E-state index in [1.54, 1.807) is 0 Å². The monoisotopic (exact) mass is 294 g/mol. The van der Waals surface area contributed by atoms with Gasteiger partial charge in [0.2, 0.25) is 5.91 Å². The van der Waals surface area contributed by atoms with E-state index >= 15 is 0 Å². The summed E-state index contributed by atoms with van der Waals surface area (Å²) in [7, 11) is 1.23. The Morgan fingerprint density at radius 2 is 2.14 bits per heavy atom. The molecule has 1 aromatic rings. The largest absolute Gasteiger partial charge is 0.465 e. The first-order chi connectivity index (χ1) is 10.0. The van der Waals surface area contributed by atoms with Gasteiger partial charge in [-0.05, 0) is 37.5 Å². The minimum absolute atomic E-state index is 0.0158. The Labute approximate surface area is 122 Å². The second-order valence-electron chi connectivity index (χ2n) is 5.29. The van der Waals surface area contributed by atoms with Crippen molar-refractivity contribution < 1.29 is 18.7 Å². The Morgan fingerprint density at radius 3 is 2.81 bits per heavy atom. The molecule has 0 saturated heterocycles. The molecule has 0 bridgehead atoms. The highest BCUT2D eigenvalue weighted by Gasteiger charge is 2.26. The number of carbonyl (C=O) groups is 2. The topological polar surface area (TPSA) is 81.4 Å². The van der Waals surface area contributed by atoms with Gasteiger partial charge in [0.15, 0.2) is 0 Å². The van der Waals surface area contributed by atoms with Crippen LogP contribution in [0.25, 0.3) is 0 Å². The van der Waals surface area contributed by atoms with Crippen molar-refractivity contribution in [2.45, 2.75) is 31.7 Å². The Hall–Kier alpha value is -1.95. The van der Waals surface area contributed by atoms with Crippen LogP contribution in [-0.4, -0.2) is 25.0 Å². The van der Waals surface area contributed by atoms with Gasteiger partial charge in [0, 0.05) is 12.0 Å². The van der Waals surface area contributed by atoms with Crippen molar-refractivity contribution in [2.75, 3.05) is 12.4 Å². The first-order valence-corrected chi connectivity index (χ1v) is 6.95. The molecule has 1 aliphatic rings. The van der Waals surface area contributed by atoms with Crippen LogP contribution in [0.3, 0.4) is 0 Å². The minimum Gasteiger partial charge on any atom is -0.465 e. The molecule has 0 heterocycles. The third-order valence-electron chi connectivity index (χ3n) is 3.73. The van der Waals surface area contributed by atoms with Crippen molar-refractivity contribution in [1.82, 2.24) is 0 Å². The summed E-state index contributed by atoms with van der Waals surface area (Å²) in [6.07, 6.45) is 3.17. The predicted octanol–water partition coefficient (Wildman–Crippen LogP) is 2.07. The maximum Gasteiger partial charge on any atom is 0.339 e. The zero-order valence-corrected chi connectivity index (χ0v) is 11.9. The van der Waals surface area contributed by atoms with Gasteiger partial charge >= 0.3 is 5.97 Å². The van der Waals surface area contributed by atoms with E-state index in [1.165, 1.54) is 13.2 Å². The summed E-state index contributed by atoms with van der Waals surface area (Å²) in [5, 5.41) is 2.62. The van der Waals surface area contributed by atoms with Gasteiger partial charge in [-0.3, -0.25) is 4.79 Å². The normalized spacial score (nSPS) is 21.7. The van der Waals surface area contributed by atoms with Gasteiger partial charge in [-0.2, -0.15) is 0 Å². The van der Waals surface area contributed by atoms with Crippen LogP contribution in [-0.2, 0) is 9.53 Å². The maximum absolute atomic E-state index is 13.3. The fourth-order valence-electron chi connectivity index (χ4n) is 2.61. The fourth-order valence-corrected chi connectivity index (χ4v) is 2.61. The van der Waals surface area contributed by atoms with Gasteiger partial charge in [0.1, 0.15) is 5.82 Å². The summed E-state index contributed by atoms with van der Waals surface area (Å²) in [6.45, 7) is 0. The third-order valence-corrected chi connectivity index (χ3v) is 3.73. The summed E-state index contributed by atoms with van der Waals surface area (Å²) in [4.78, 5) is 23.9. The molecule has 2 unspecified atom stereocenters. The van der Waals surface area contributed by atoms with E-state index in [0.29, 0.717) is 6.42 Å². The van der Waals surface area contributed by atoms with Crippen LogP contribution in [0.1, 0.15) is 36.0 Å². The zero-order chi connectivity index (χ0) is 15.4. The molecule has 0 radical (unpaired) electrons. The number of esters is 1. The van der Waals surface area contributed by atoms with E-state index in [1.807, 2.05) is 0 Å². The number of halogens is 1. The molecule has 114 valence electrons. The number of rotatable bonds is 3. The Balaban J connectivity index is 2.16. The molecule has 1 fully saturated rings. The van der Waals surface area contributed by atoms with Crippen LogP contribution in [0, 0.1) is 11.7 Å². The van der Waals surface area contributed by atoms with Gasteiger partial charge in [-0.15, -0.1) is 0 Å². The fraction of sp³-hybridized carbons (Fsp3) is 0.467. The number of methoxy groups -OCH3 is 1. The second kappa shape index (κ2) is 6.67. The summed E-state index contributed by atoms with van der Waals surface area (Å²) in [5.74, 6) is -1.59. The summed E-state index contributed by atoms with van der Waals surface area (Å²) < 4.78 is 18.0. The maximum atomic E-state index is 13.3. The molecule has 21 heavy (non-hydrogen) atoms.